The number of aromatic nitrogens is 2. The monoisotopic (exact) mass is 427 g/mol. The van der Waals surface area contributed by atoms with Crippen molar-refractivity contribution < 1.29 is 13.7 Å². The molecule has 1 saturated heterocycles. The van der Waals surface area contributed by atoms with E-state index in [-0.39, 0.29) is 17.8 Å². The minimum atomic E-state index is -0.310. The predicted octanol–water partition coefficient (Wildman–Crippen LogP) is 5.09. The molecule has 2 heterocycles. The molecule has 4 rings (SSSR count). The van der Waals surface area contributed by atoms with Gasteiger partial charge in [0.1, 0.15) is 5.82 Å². The van der Waals surface area contributed by atoms with Gasteiger partial charge < -0.3 is 9.42 Å². The number of amides is 1. The molecule has 1 aromatic heterocycles. The average molecular weight is 428 g/mol. The second-order valence-corrected chi connectivity index (χ2v) is 7.96. The van der Waals surface area contributed by atoms with E-state index in [0.29, 0.717) is 36.5 Å². The van der Waals surface area contributed by atoms with Gasteiger partial charge in [0.25, 0.3) is 0 Å². The van der Waals surface area contributed by atoms with Crippen LogP contribution in [0.5, 0.6) is 0 Å². The van der Waals surface area contributed by atoms with E-state index in [9.17, 15) is 9.18 Å². The first kappa shape index (κ1) is 20.5. The van der Waals surface area contributed by atoms with Crippen molar-refractivity contribution in [3.05, 3.63) is 70.8 Å². The van der Waals surface area contributed by atoms with Crippen LogP contribution in [0, 0.1) is 5.82 Å². The number of halogens is 2. The highest BCUT2D eigenvalue weighted by molar-refractivity contribution is 6.31. The molecule has 7 heteroatoms. The lowest BCUT2D eigenvalue weighted by Crippen LogP contribution is -2.36. The van der Waals surface area contributed by atoms with Gasteiger partial charge >= 0.3 is 0 Å². The lowest BCUT2D eigenvalue weighted by atomic mass is 10.0. The number of carbonyl (C=O) groups excluding carboxylic acids is 1. The van der Waals surface area contributed by atoms with Gasteiger partial charge in [-0.15, -0.1) is 0 Å². The number of rotatable bonds is 7. The van der Waals surface area contributed by atoms with Crippen LogP contribution < -0.4 is 0 Å². The third kappa shape index (κ3) is 4.87. The number of nitrogens with zero attached hydrogens (tertiary/aromatic N) is 3. The topological polar surface area (TPSA) is 59.2 Å². The van der Waals surface area contributed by atoms with Crippen molar-refractivity contribution in [1.29, 1.82) is 0 Å². The zero-order valence-corrected chi connectivity index (χ0v) is 17.3. The van der Waals surface area contributed by atoms with Crippen LogP contribution in [0.3, 0.4) is 0 Å². The first-order valence-corrected chi connectivity index (χ1v) is 10.6. The Balaban J connectivity index is 1.29. The van der Waals surface area contributed by atoms with Crippen molar-refractivity contribution in [2.75, 3.05) is 6.54 Å². The van der Waals surface area contributed by atoms with Crippen LogP contribution in [0.2, 0.25) is 5.02 Å². The van der Waals surface area contributed by atoms with E-state index in [1.165, 1.54) is 12.1 Å². The van der Waals surface area contributed by atoms with Gasteiger partial charge in [-0.2, -0.15) is 4.98 Å². The summed E-state index contributed by atoms with van der Waals surface area (Å²) < 4.78 is 18.3. The fourth-order valence-corrected chi connectivity index (χ4v) is 4.11. The van der Waals surface area contributed by atoms with Crippen molar-refractivity contribution in [2.45, 2.75) is 44.6 Å². The molecule has 5 nitrogen and oxygen atoms in total. The lowest BCUT2D eigenvalue weighted by Gasteiger charge is -2.25. The predicted molar refractivity (Wildman–Crippen MR) is 113 cm³/mol. The quantitative estimate of drug-likeness (QED) is 0.527. The molecule has 0 bridgehead atoms. The Morgan fingerprint density at radius 3 is 2.80 bits per heavy atom. The maximum Gasteiger partial charge on any atom is 0.226 e. The number of likely N-dealkylation sites (tertiary alicyclic amines) is 1. The molecule has 1 unspecified atom stereocenters. The van der Waals surface area contributed by atoms with E-state index in [2.05, 4.69) is 10.1 Å². The normalized spacial score (nSPS) is 16.2. The van der Waals surface area contributed by atoms with Crippen molar-refractivity contribution in [3.63, 3.8) is 0 Å². The highest BCUT2D eigenvalue weighted by Crippen LogP contribution is 2.26. The fraction of sp³-hybridized carbons (Fsp3) is 0.348. The number of aryl methyl sites for hydroxylation is 1. The van der Waals surface area contributed by atoms with Gasteiger partial charge in [0, 0.05) is 36.0 Å². The second kappa shape index (κ2) is 9.39. The lowest BCUT2D eigenvalue weighted by molar-refractivity contribution is -0.132. The minimum absolute atomic E-state index is 0.155. The molecule has 0 aliphatic carbocycles. The van der Waals surface area contributed by atoms with Crippen LogP contribution in [0.1, 0.15) is 37.1 Å². The van der Waals surface area contributed by atoms with Gasteiger partial charge in [-0.3, -0.25) is 4.79 Å². The molecule has 1 amide bonds. The molecule has 0 saturated carbocycles. The minimum Gasteiger partial charge on any atom is -0.339 e. The molecule has 1 atom stereocenters. The van der Waals surface area contributed by atoms with E-state index in [4.69, 9.17) is 16.1 Å². The summed E-state index contributed by atoms with van der Waals surface area (Å²) >= 11 is 6.29. The molecular weight excluding hydrogens is 405 g/mol. The van der Waals surface area contributed by atoms with E-state index >= 15 is 0 Å². The molecular formula is C23H23ClFN3O2. The van der Waals surface area contributed by atoms with Crippen LogP contribution in [0.15, 0.2) is 53.1 Å². The van der Waals surface area contributed by atoms with Crippen molar-refractivity contribution in [2.24, 2.45) is 0 Å². The molecule has 1 aliphatic rings. The van der Waals surface area contributed by atoms with Gasteiger partial charge in [0.15, 0.2) is 0 Å². The Morgan fingerprint density at radius 1 is 1.20 bits per heavy atom. The van der Waals surface area contributed by atoms with Gasteiger partial charge in [-0.05, 0) is 61.6 Å². The summed E-state index contributed by atoms with van der Waals surface area (Å²) in [6.07, 6.45) is 4.42. The molecule has 0 N–H and O–H groups in total. The molecule has 1 fully saturated rings. The summed E-state index contributed by atoms with van der Waals surface area (Å²) in [7, 11) is 0. The SMILES string of the molecule is O=C(CCCc1nc(-c2ccc(F)cc2)no1)N1CCCC1Cc1ccccc1Cl. The summed E-state index contributed by atoms with van der Waals surface area (Å²) in [4.78, 5) is 19.1. The van der Waals surface area contributed by atoms with E-state index in [1.807, 2.05) is 29.2 Å². The Labute approximate surface area is 179 Å². The standard InChI is InChI=1S/C23H23ClFN3O2/c24-20-7-2-1-5-17(20)15-19-6-4-14-28(19)22(29)9-3-8-21-26-23(27-30-21)16-10-12-18(25)13-11-16/h1-2,5,7,10-13,19H,3-4,6,8-9,14-15H2. The highest BCUT2D eigenvalue weighted by Gasteiger charge is 2.28. The molecule has 0 radical (unpaired) electrons. The van der Waals surface area contributed by atoms with E-state index in [0.717, 1.165) is 36.4 Å². The maximum absolute atomic E-state index is 13.0. The molecule has 0 spiro atoms. The van der Waals surface area contributed by atoms with Crippen LogP contribution in [-0.2, 0) is 17.6 Å². The Bertz CT molecular complexity index is 1010. The van der Waals surface area contributed by atoms with Crippen molar-refractivity contribution in [1.82, 2.24) is 15.0 Å². The zero-order valence-electron chi connectivity index (χ0n) is 16.6. The Morgan fingerprint density at radius 2 is 2.00 bits per heavy atom. The largest absolute Gasteiger partial charge is 0.339 e. The van der Waals surface area contributed by atoms with E-state index in [1.54, 1.807) is 12.1 Å². The number of hydrogen-bond donors (Lipinski definition) is 0. The molecule has 2 aromatic carbocycles. The summed E-state index contributed by atoms with van der Waals surface area (Å²) in [6.45, 7) is 0.795. The van der Waals surface area contributed by atoms with Gasteiger partial charge in [0.05, 0.1) is 0 Å². The summed E-state index contributed by atoms with van der Waals surface area (Å²) in [6, 6.07) is 14.0. The van der Waals surface area contributed by atoms with Gasteiger partial charge in [0.2, 0.25) is 17.6 Å². The number of carbonyl (C=O) groups is 1. The Kier molecular flexibility index (Phi) is 6.43. The van der Waals surface area contributed by atoms with Crippen LogP contribution in [-0.4, -0.2) is 33.5 Å². The number of hydrogen-bond acceptors (Lipinski definition) is 4. The van der Waals surface area contributed by atoms with Crippen LogP contribution in [0.25, 0.3) is 11.4 Å². The summed E-state index contributed by atoms with van der Waals surface area (Å²) in [5.74, 6) is 0.755. The summed E-state index contributed by atoms with van der Waals surface area (Å²) in [5.41, 5.74) is 1.78. The first-order valence-electron chi connectivity index (χ1n) is 10.2. The average Bonchev–Trinajstić information content (AvgIpc) is 3.40. The van der Waals surface area contributed by atoms with Crippen LogP contribution in [0.4, 0.5) is 4.39 Å². The number of benzene rings is 2. The van der Waals surface area contributed by atoms with Crippen molar-refractivity contribution in [3.8, 4) is 11.4 Å². The molecule has 3 aromatic rings. The maximum atomic E-state index is 13.0. The molecule has 156 valence electrons. The smallest absolute Gasteiger partial charge is 0.226 e. The first-order chi connectivity index (χ1) is 14.6. The fourth-order valence-electron chi connectivity index (χ4n) is 3.90. The third-order valence-electron chi connectivity index (χ3n) is 5.46. The van der Waals surface area contributed by atoms with Crippen LogP contribution >= 0.6 is 11.6 Å². The Hall–Kier alpha value is -2.73. The van der Waals surface area contributed by atoms with Crippen molar-refractivity contribution >= 4 is 17.5 Å². The molecule has 1 aliphatic heterocycles. The third-order valence-corrected chi connectivity index (χ3v) is 5.83. The molecule has 30 heavy (non-hydrogen) atoms. The van der Waals surface area contributed by atoms with E-state index < -0.39 is 0 Å². The van der Waals surface area contributed by atoms with Gasteiger partial charge in [-0.1, -0.05) is 35.0 Å². The second-order valence-electron chi connectivity index (χ2n) is 7.55. The van der Waals surface area contributed by atoms with Gasteiger partial charge in [-0.25, -0.2) is 4.39 Å². The highest BCUT2D eigenvalue weighted by atomic mass is 35.5. The summed E-state index contributed by atoms with van der Waals surface area (Å²) in [5, 5.41) is 4.70. The zero-order chi connectivity index (χ0) is 20.9.